The number of hydrogen-bond acceptors (Lipinski definition) is 3. The van der Waals surface area contributed by atoms with Crippen molar-refractivity contribution in [3.8, 4) is 11.1 Å². The minimum Gasteiger partial charge on any atom is -0.368 e. The van der Waals surface area contributed by atoms with E-state index in [2.05, 4.69) is 60.0 Å². The number of H-pyrrole nitrogens is 1. The Kier molecular flexibility index (Phi) is 4.38. The van der Waals surface area contributed by atoms with Crippen LogP contribution in [0.15, 0.2) is 61.1 Å². The number of anilines is 1. The summed E-state index contributed by atoms with van der Waals surface area (Å²) in [6.07, 6.45) is 5.46. The number of halogens is 1. The zero-order chi connectivity index (χ0) is 19.9. The summed E-state index contributed by atoms with van der Waals surface area (Å²) in [5.41, 5.74) is 10.5. The topological polar surface area (TPSA) is 67.6 Å². The maximum Gasteiger partial charge on any atom is 0.219 e. The molecule has 0 fully saturated rings. The first-order valence-corrected chi connectivity index (χ1v) is 9.35. The predicted octanol–water partition coefficient (Wildman–Crippen LogP) is 5.31. The summed E-state index contributed by atoms with van der Waals surface area (Å²) in [5, 5.41) is 1.05. The van der Waals surface area contributed by atoms with E-state index in [9.17, 15) is 4.39 Å². The van der Waals surface area contributed by atoms with E-state index in [-0.39, 0.29) is 17.2 Å². The summed E-state index contributed by atoms with van der Waals surface area (Å²) in [5.74, 6) is 0.369. The van der Waals surface area contributed by atoms with E-state index >= 15 is 0 Å². The number of hydrogen-bond donors (Lipinski definition) is 2. The average molecular weight is 374 g/mol. The minimum absolute atomic E-state index is 0.230. The SMILES string of the molecule is CC(C)C(C)(c1ccc(-c2cnc(N)nc2)cc1)c1c[nH]c2cc(F)ccc12. The molecule has 4 nitrogen and oxygen atoms in total. The lowest BCUT2D eigenvalue weighted by Gasteiger charge is -2.35. The number of aromatic nitrogens is 3. The summed E-state index contributed by atoms with van der Waals surface area (Å²) in [6.45, 7) is 6.67. The van der Waals surface area contributed by atoms with Crippen molar-refractivity contribution in [2.75, 3.05) is 5.73 Å². The van der Waals surface area contributed by atoms with Crippen molar-refractivity contribution in [2.24, 2.45) is 5.92 Å². The fraction of sp³-hybridized carbons (Fsp3) is 0.217. The Bertz CT molecular complexity index is 1110. The van der Waals surface area contributed by atoms with Gasteiger partial charge in [-0.1, -0.05) is 45.0 Å². The van der Waals surface area contributed by atoms with Crippen molar-refractivity contribution in [3.63, 3.8) is 0 Å². The smallest absolute Gasteiger partial charge is 0.219 e. The van der Waals surface area contributed by atoms with Gasteiger partial charge in [-0.05, 0) is 40.8 Å². The van der Waals surface area contributed by atoms with Gasteiger partial charge < -0.3 is 10.7 Å². The Morgan fingerprint density at radius 2 is 1.68 bits per heavy atom. The van der Waals surface area contributed by atoms with E-state index in [1.807, 2.05) is 12.3 Å². The minimum atomic E-state index is -0.234. The number of benzene rings is 2. The van der Waals surface area contributed by atoms with Crippen molar-refractivity contribution < 1.29 is 4.39 Å². The molecule has 0 bridgehead atoms. The molecule has 0 amide bonds. The van der Waals surface area contributed by atoms with Crippen molar-refractivity contribution >= 4 is 16.9 Å². The third kappa shape index (κ3) is 2.93. The molecule has 142 valence electrons. The highest BCUT2D eigenvalue weighted by Crippen LogP contribution is 2.42. The zero-order valence-corrected chi connectivity index (χ0v) is 16.2. The lowest BCUT2D eigenvalue weighted by Crippen LogP contribution is -2.29. The lowest BCUT2D eigenvalue weighted by atomic mass is 9.68. The third-order valence-electron chi connectivity index (χ3n) is 5.85. The van der Waals surface area contributed by atoms with Crippen LogP contribution in [0.3, 0.4) is 0 Å². The molecule has 4 aromatic rings. The van der Waals surface area contributed by atoms with Crippen LogP contribution in [0.2, 0.25) is 0 Å². The first-order valence-electron chi connectivity index (χ1n) is 9.35. The molecule has 5 heteroatoms. The Labute approximate surface area is 163 Å². The van der Waals surface area contributed by atoms with E-state index in [0.717, 1.165) is 22.0 Å². The number of aromatic amines is 1. The standard InChI is InChI=1S/C23H23FN4/c1-14(2)23(3,20-13-26-21-10-18(24)8-9-19(20)21)17-6-4-15(5-7-17)16-11-27-22(25)28-12-16/h4-14,26H,1-3H3,(H2,25,27,28). The number of fused-ring (bicyclic) bond motifs is 1. The van der Waals surface area contributed by atoms with E-state index in [1.54, 1.807) is 18.5 Å². The van der Waals surface area contributed by atoms with E-state index in [1.165, 1.54) is 17.2 Å². The summed E-state index contributed by atoms with van der Waals surface area (Å²) in [6, 6.07) is 13.4. The van der Waals surface area contributed by atoms with Gasteiger partial charge in [0.15, 0.2) is 0 Å². The quantitative estimate of drug-likeness (QED) is 0.509. The van der Waals surface area contributed by atoms with Crippen molar-refractivity contribution in [3.05, 3.63) is 78.0 Å². The van der Waals surface area contributed by atoms with Crippen LogP contribution >= 0.6 is 0 Å². The molecule has 2 aromatic carbocycles. The highest BCUT2D eigenvalue weighted by atomic mass is 19.1. The highest BCUT2D eigenvalue weighted by Gasteiger charge is 2.34. The summed E-state index contributed by atoms with van der Waals surface area (Å²) in [7, 11) is 0. The molecular formula is C23H23FN4. The van der Waals surface area contributed by atoms with Gasteiger partial charge in [-0.3, -0.25) is 0 Å². The van der Waals surface area contributed by atoms with Gasteiger partial charge in [-0.2, -0.15) is 0 Å². The van der Waals surface area contributed by atoms with Gasteiger partial charge in [0.2, 0.25) is 5.95 Å². The average Bonchev–Trinajstić information content (AvgIpc) is 3.11. The fourth-order valence-electron chi connectivity index (χ4n) is 3.82. The summed E-state index contributed by atoms with van der Waals surface area (Å²) >= 11 is 0. The number of nitrogens with one attached hydrogen (secondary N) is 1. The van der Waals surface area contributed by atoms with Crippen LogP contribution in [0.1, 0.15) is 31.9 Å². The molecule has 1 unspecified atom stereocenters. The number of rotatable bonds is 4. The molecular weight excluding hydrogens is 351 g/mol. The molecule has 0 aliphatic carbocycles. The van der Waals surface area contributed by atoms with Gasteiger partial charge in [0, 0.05) is 40.5 Å². The van der Waals surface area contributed by atoms with E-state index in [4.69, 9.17) is 5.73 Å². The van der Waals surface area contributed by atoms with Crippen molar-refractivity contribution in [1.82, 2.24) is 15.0 Å². The van der Waals surface area contributed by atoms with Crippen LogP contribution < -0.4 is 5.73 Å². The number of nitrogen functional groups attached to an aromatic ring is 1. The molecule has 28 heavy (non-hydrogen) atoms. The number of nitrogens with zero attached hydrogens (tertiary/aromatic N) is 2. The van der Waals surface area contributed by atoms with Gasteiger partial charge in [0.05, 0.1) is 0 Å². The Hall–Kier alpha value is -3.21. The normalized spacial score (nSPS) is 13.8. The third-order valence-corrected chi connectivity index (χ3v) is 5.85. The Morgan fingerprint density at radius 1 is 1.00 bits per heavy atom. The molecule has 1 atom stereocenters. The molecule has 0 saturated carbocycles. The van der Waals surface area contributed by atoms with Crippen LogP contribution in [-0.2, 0) is 5.41 Å². The first-order chi connectivity index (χ1) is 13.4. The second kappa shape index (κ2) is 6.75. The fourth-order valence-corrected chi connectivity index (χ4v) is 3.82. The Morgan fingerprint density at radius 3 is 2.32 bits per heavy atom. The van der Waals surface area contributed by atoms with Crippen LogP contribution in [0.5, 0.6) is 0 Å². The van der Waals surface area contributed by atoms with Crippen LogP contribution in [0.25, 0.3) is 22.0 Å². The summed E-state index contributed by atoms with van der Waals surface area (Å²) < 4.78 is 13.6. The first kappa shape index (κ1) is 18.2. The molecule has 0 radical (unpaired) electrons. The maximum absolute atomic E-state index is 13.6. The second-order valence-electron chi connectivity index (χ2n) is 7.66. The predicted molar refractivity (Wildman–Crippen MR) is 111 cm³/mol. The molecule has 2 heterocycles. The van der Waals surface area contributed by atoms with E-state index in [0.29, 0.717) is 5.92 Å². The molecule has 0 saturated heterocycles. The van der Waals surface area contributed by atoms with E-state index < -0.39 is 0 Å². The van der Waals surface area contributed by atoms with Crippen LogP contribution in [0, 0.1) is 11.7 Å². The van der Waals surface area contributed by atoms with Crippen LogP contribution in [-0.4, -0.2) is 15.0 Å². The maximum atomic E-state index is 13.6. The number of nitrogens with two attached hydrogens (primary N) is 1. The second-order valence-corrected chi connectivity index (χ2v) is 7.66. The van der Waals surface area contributed by atoms with Gasteiger partial charge in [-0.25, -0.2) is 14.4 Å². The molecule has 0 spiro atoms. The van der Waals surface area contributed by atoms with Crippen LogP contribution in [0.4, 0.5) is 10.3 Å². The zero-order valence-electron chi connectivity index (χ0n) is 16.2. The summed E-state index contributed by atoms with van der Waals surface area (Å²) in [4.78, 5) is 11.4. The highest BCUT2D eigenvalue weighted by molar-refractivity contribution is 5.85. The molecule has 4 rings (SSSR count). The lowest BCUT2D eigenvalue weighted by molar-refractivity contribution is 0.408. The largest absolute Gasteiger partial charge is 0.368 e. The van der Waals surface area contributed by atoms with Gasteiger partial charge in [0.25, 0.3) is 0 Å². The van der Waals surface area contributed by atoms with Crippen molar-refractivity contribution in [1.29, 1.82) is 0 Å². The Balaban J connectivity index is 1.79. The van der Waals surface area contributed by atoms with Gasteiger partial charge >= 0.3 is 0 Å². The monoisotopic (exact) mass is 374 g/mol. The molecule has 2 aromatic heterocycles. The van der Waals surface area contributed by atoms with Gasteiger partial charge in [0.1, 0.15) is 5.82 Å². The molecule has 0 aliphatic heterocycles. The van der Waals surface area contributed by atoms with Crippen molar-refractivity contribution in [2.45, 2.75) is 26.2 Å². The molecule has 3 N–H and O–H groups in total. The molecule has 0 aliphatic rings. The van der Waals surface area contributed by atoms with Gasteiger partial charge in [-0.15, -0.1) is 0 Å².